The number of aromatic nitrogens is 1. The van der Waals surface area contributed by atoms with Crippen LogP contribution >= 0.6 is 11.3 Å². The van der Waals surface area contributed by atoms with E-state index < -0.39 is 5.60 Å². The number of rotatable bonds is 3. The lowest BCUT2D eigenvalue weighted by Crippen LogP contribution is -2.40. The Morgan fingerprint density at radius 3 is 2.91 bits per heavy atom. The van der Waals surface area contributed by atoms with Gasteiger partial charge in [-0.25, -0.2) is 9.37 Å². The molecule has 1 aliphatic heterocycles. The molecule has 0 spiro atoms. The number of anilines is 1. The van der Waals surface area contributed by atoms with E-state index >= 15 is 0 Å². The van der Waals surface area contributed by atoms with Crippen molar-refractivity contribution in [1.82, 2.24) is 4.98 Å². The van der Waals surface area contributed by atoms with Crippen LogP contribution in [0.4, 0.5) is 9.52 Å². The molecule has 22 heavy (non-hydrogen) atoms. The molecule has 1 atom stereocenters. The minimum Gasteiger partial charge on any atom is -0.379 e. The van der Waals surface area contributed by atoms with E-state index in [1.54, 1.807) is 31.3 Å². The van der Waals surface area contributed by atoms with Crippen LogP contribution in [-0.4, -0.2) is 22.2 Å². The highest BCUT2D eigenvalue weighted by Crippen LogP contribution is 2.29. The Bertz CT molecular complexity index is 759. The summed E-state index contributed by atoms with van der Waals surface area (Å²) in [5.41, 5.74) is -0.396. The Kier molecular flexibility index (Phi) is 3.66. The predicted octanol–water partition coefficient (Wildman–Crippen LogP) is 3.11. The summed E-state index contributed by atoms with van der Waals surface area (Å²) in [4.78, 5) is 22.7. The lowest BCUT2D eigenvalue weighted by atomic mass is 9.95. The molecule has 1 aromatic heterocycles. The Morgan fingerprint density at radius 1 is 1.45 bits per heavy atom. The molecule has 7 heteroatoms. The second-order valence-corrected chi connectivity index (χ2v) is 6.48. The fraction of sp³-hybridized carbons (Fsp3) is 0.267. The van der Waals surface area contributed by atoms with Gasteiger partial charge in [-0.3, -0.25) is 10.1 Å². The first-order valence-electron chi connectivity index (χ1n) is 6.72. The molecule has 0 radical (unpaired) electrons. The van der Waals surface area contributed by atoms with Gasteiger partial charge in [-0.05, 0) is 19.9 Å². The van der Waals surface area contributed by atoms with Crippen LogP contribution in [0.15, 0.2) is 35.6 Å². The van der Waals surface area contributed by atoms with Crippen molar-refractivity contribution < 1.29 is 14.0 Å². The van der Waals surface area contributed by atoms with Crippen molar-refractivity contribution in [3.8, 4) is 0 Å². The standard InChI is InChI=1S/C15H14FN3O2S/c1-9-8-17-14(22-9)18-13(20)15(2)7-12(19-21-15)10-5-3-4-6-11(10)16/h3-6,8H,7H2,1-2H3,(H,17,18,20). The highest BCUT2D eigenvalue weighted by atomic mass is 32.1. The van der Waals surface area contributed by atoms with E-state index in [2.05, 4.69) is 15.5 Å². The zero-order valence-corrected chi connectivity index (χ0v) is 12.9. The second-order valence-electron chi connectivity index (χ2n) is 5.25. The Labute approximate surface area is 130 Å². The quantitative estimate of drug-likeness (QED) is 0.945. The molecule has 2 aromatic rings. The lowest BCUT2D eigenvalue weighted by Gasteiger charge is -2.19. The smallest absolute Gasteiger partial charge is 0.273 e. The van der Waals surface area contributed by atoms with Crippen LogP contribution < -0.4 is 5.32 Å². The summed E-state index contributed by atoms with van der Waals surface area (Å²) in [6, 6.07) is 6.29. The number of nitrogens with one attached hydrogen (secondary N) is 1. The van der Waals surface area contributed by atoms with E-state index in [0.717, 1.165) is 4.88 Å². The molecule has 2 heterocycles. The molecular formula is C15H14FN3O2S. The molecule has 114 valence electrons. The summed E-state index contributed by atoms with van der Waals surface area (Å²) < 4.78 is 13.8. The van der Waals surface area contributed by atoms with E-state index in [1.807, 2.05) is 6.92 Å². The third-order valence-corrected chi connectivity index (χ3v) is 4.20. The van der Waals surface area contributed by atoms with Crippen molar-refractivity contribution in [3.05, 3.63) is 46.7 Å². The molecule has 1 N–H and O–H groups in total. The van der Waals surface area contributed by atoms with Crippen molar-refractivity contribution in [2.75, 3.05) is 5.32 Å². The van der Waals surface area contributed by atoms with E-state index in [0.29, 0.717) is 16.4 Å². The van der Waals surface area contributed by atoms with Gasteiger partial charge in [-0.15, -0.1) is 11.3 Å². The maximum atomic E-state index is 13.8. The van der Waals surface area contributed by atoms with Crippen LogP contribution in [0, 0.1) is 12.7 Å². The summed E-state index contributed by atoms with van der Waals surface area (Å²) in [5.74, 6) is -0.734. The number of amides is 1. The highest BCUT2D eigenvalue weighted by Gasteiger charge is 2.43. The lowest BCUT2D eigenvalue weighted by molar-refractivity contribution is -0.135. The first-order valence-corrected chi connectivity index (χ1v) is 7.53. The average Bonchev–Trinajstić information content (AvgIpc) is 3.07. The molecule has 0 bridgehead atoms. The largest absolute Gasteiger partial charge is 0.379 e. The minimum absolute atomic E-state index is 0.199. The van der Waals surface area contributed by atoms with E-state index in [1.165, 1.54) is 17.4 Å². The van der Waals surface area contributed by atoms with Gasteiger partial charge < -0.3 is 4.84 Å². The third-order valence-electron chi connectivity index (χ3n) is 3.37. The topological polar surface area (TPSA) is 63.6 Å². The van der Waals surface area contributed by atoms with Crippen LogP contribution in [0.5, 0.6) is 0 Å². The maximum Gasteiger partial charge on any atom is 0.273 e. The molecule has 1 aliphatic rings. The summed E-state index contributed by atoms with van der Waals surface area (Å²) in [6.07, 6.45) is 1.88. The maximum absolute atomic E-state index is 13.8. The summed E-state index contributed by atoms with van der Waals surface area (Å²) in [7, 11) is 0. The second kappa shape index (κ2) is 5.49. The highest BCUT2D eigenvalue weighted by molar-refractivity contribution is 7.15. The molecule has 1 amide bonds. The van der Waals surface area contributed by atoms with Crippen LogP contribution in [0.3, 0.4) is 0 Å². The number of hydrogen-bond acceptors (Lipinski definition) is 5. The van der Waals surface area contributed by atoms with Crippen molar-refractivity contribution in [2.24, 2.45) is 5.16 Å². The van der Waals surface area contributed by atoms with Crippen molar-refractivity contribution in [1.29, 1.82) is 0 Å². The molecule has 1 aromatic carbocycles. The van der Waals surface area contributed by atoms with Crippen LogP contribution in [0.1, 0.15) is 23.8 Å². The molecule has 0 fully saturated rings. The minimum atomic E-state index is -1.17. The van der Waals surface area contributed by atoms with Crippen molar-refractivity contribution in [3.63, 3.8) is 0 Å². The molecule has 0 aliphatic carbocycles. The summed E-state index contributed by atoms with van der Waals surface area (Å²) >= 11 is 1.38. The van der Waals surface area contributed by atoms with Gasteiger partial charge in [0.1, 0.15) is 5.82 Å². The third kappa shape index (κ3) is 2.71. The first-order chi connectivity index (χ1) is 10.5. The molecule has 1 unspecified atom stereocenters. The number of carbonyl (C=O) groups is 1. The van der Waals surface area contributed by atoms with Gasteiger partial charge in [-0.1, -0.05) is 23.4 Å². The van der Waals surface area contributed by atoms with E-state index in [9.17, 15) is 9.18 Å². The zero-order valence-electron chi connectivity index (χ0n) is 12.1. The van der Waals surface area contributed by atoms with Gasteiger partial charge in [0, 0.05) is 23.1 Å². The molecule has 0 saturated heterocycles. The molecule has 3 rings (SSSR count). The molecule has 0 saturated carbocycles. The van der Waals surface area contributed by atoms with Gasteiger partial charge in [0.2, 0.25) is 5.60 Å². The fourth-order valence-corrected chi connectivity index (χ4v) is 2.80. The Morgan fingerprint density at radius 2 is 2.23 bits per heavy atom. The number of halogens is 1. The SMILES string of the molecule is Cc1cnc(NC(=O)C2(C)CC(c3ccccc3F)=NO2)s1. The molecule has 5 nitrogen and oxygen atoms in total. The van der Waals surface area contributed by atoms with Crippen LogP contribution in [-0.2, 0) is 9.63 Å². The van der Waals surface area contributed by atoms with Gasteiger partial charge in [0.05, 0.1) is 5.71 Å². The number of nitrogens with zero attached hydrogens (tertiary/aromatic N) is 2. The average molecular weight is 319 g/mol. The first kappa shape index (κ1) is 14.6. The van der Waals surface area contributed by atoms with Crippen LogP contribution in [0.25, 0.3) is 0 Å². The monoisotopic (exact) mass is 319 g/mol. The molecular weight excluding hydrogens is 305 g/mol. The number of aryl methyl sites for hydroxylation is 1. The normalized spacial score (nSPS) is 20.4. The zero-order chi connectivity index (χ0) is 15.7. The number of oxime groups is 1. The fourth-order valence-electron chi connectivity index (χ4n) is 2.14. The van der Waals surface area contributed by atoms with Gasteiger partial charge in [0.25, 0.3) is 5.91 Å². The van der Waals surface area contributed by atoms with Crippen LogP contribution in [0.2, 0.25) is 0 Å². The predicted molar refractivity (Wildman–Crippen MR) is 82.5 cm³/mol. The summed E-state index contributed by atoms with van der Waals surface area (Å²) in [5, 5.41) is 7.10. The number of carbonyl (C=O) groups excluding carboxylic acids is 1. The van der Waals surface area contributed by atoms with Crippen molar-refractivity contribution >= 4 is 28.1 Å². The van der Waals surface area contributed by atoms with Gasteiger partial charge in [0.15, 0.2) is 5.13 Å². The number of benzene rings is 1. The number of hydrogen-bond donors (Lipinski definition) is 1. The van der Waals surface area contributed by atoms with E-state index in [4.69, 9.17) is 4.84 Å². The Balaban J connectivity index is 1.74. The van der Waals surface area contributed by atoms with Gasteiger partial charge in [-0.2, -0.15) is 0 Å². The number of thiazole rings is 1. The van der Waals surface area contributed by atoms with Crippen molar-refractivity contribution in [2.45, 2.75) is 25.9 Å². The Hall–Kier alpha value is -2.28. The summed E-state index contributed by atoms with van der Waals surface area (Å²) in [6.45, 7) is 3.53. The van der Waals surface area contributed by atoms with E-state index in [-0.39, 0.29) is 18.1 Å². The van der Waals surface area contributed by atoms with Gasteiger partial charge >= 0.3 is 0 Å².